The first-order valence-corrected chi connectivity index (χ1v) is 9.45. The highest BCUT2D eigenvalue weighted by Crippen LogP contribution is 2.23. The number of hydrogen-bond acceptors (Lipinski definition) is 4. The Labute approximate surface area is 137 Å². The Bertz CT molecular complexity index is 598. The van der Waals surface area contributed by atoms with Gasteiger partial charge in [0.2, 0.25) is 10.0 Å². The molecule has 0 radical (unpaired) electrons. The Morgan fingerprint density at radius 1 is 1.17 bits per heavy atom. The summed E-state index contributed by atoms with van der Waals surface area (Å²) >= 11 is 0. The number of carboxylic acids is 1. The molecular weight excluding hydrogens is 316 g/mol. The number of benzene rings is 1. The van der Waals surface area contributed by atoms with Crippen molar-refractivity contribution in [1.82, 2.24) is 9.62 Å². The van der Waals surface area contributed by atoms with Gasteiger partial charge in [-0.15, -0.1) is 0 Å². The Morgan fingerprint density at radius 2 is 1.83 bits per heavy atom. The van der Waals surface area contributed by atoms with Gasteiger partial charge >= 0.3 is 5.97 Å². The van der Waals surface area contributed by atoms with Crippen LogP contribution in [0, 0.1) is 0 Å². The highest BCUT2D eigenvalue weighted by atomic mass is 32.2. The van der Waals surface area contributed by atoms with Crippen molar-refractivity contribution in [3.63, 3.8) is 0 Å². The van der Waals surface area contributed by atoms with Crippen LogP contribution in [0.15, 0.2) is 35.2 Å². The summed E-state index contributed by atoms with van der Waals surface area (Å²) in [5, 5.41) is 12.0. The van der Waals surface area contributed by atoms with Gasteiger partial charge in [-0.3, -0.25) is 4.79 Å². The lowest BCUT2D eigenvalue weighted by Gasteiger charge is -2.33. The normalized spacial score (nSPS) is 16.6. The van der Waals surface area contributed by atoms with Gasteiger partial charge < -0.3 is 10.4 Å². The highest BCUT2D eigenvalue weighted by Gasteiger charge is 2.31. The Kier molecular flexibility index (Phi) is 6.56. The summed E-state index contributed by atoms with van der Waals surface area (Å²) in [5.74, 6) is -0.843. The van der Waals surface area contributed by atoms with E-state index in [-0.39, 0.29) is 12.5 Å². The maximum absolute atomic E-state index is 12.9. The standard InChI is InChI=1S/C16H24N2O4S/c19-16(20)8-4-5-13-18(14-9-11-17-12-10-14)23(21,22)15-6-2-1-3-7-15/h1-3,6-7,14,17H,4-5,8-13H2,(H,19,20). The number of aliphatic carboxylic acids is 1. The molecule has 0 aliphatic carbocycles. The van der Waals surface area contributed by atoms with Crippen molar-refractivity contribution in [3.05, 3.63) is 30.3 Å². The van der Waals surface area contributed by atoms with Crippen molar-refractivity contribution < 1.29 is 18.3 Å². The van der Waals surface area contributed by atoms with Gasteiger partial charge in [-0.1, -0.05) is 18.2 Å². The first kappa shape index (κ1) is 17.9. The van der Waals surface area contributed by atoms with Crippen LogP contribution < -0.4 is 5.32 Å². The molecule has 7 heteroatoms. The smallest absolute Gasteiger partial charge is 0.303 e. The van der Waals surface area contributed by atoms with Crippen molar-refractivity contribution in [2.75, 3.05) is 19.6 Å². The van der Waals surface area contributed by atoms with E-state index in [0.717, 1.165) is 25.9 Å². The molecule has 1 aromatic rings. The van der Waals surface area contributed by atoms with Gasteiger partial charge in [0.15, 0.2) is 0 Å². The second-order valence-corrected chi connectivity index (χ2v) is 7.65. The summed E-state index contributed by atoms with van der Waals surface area (Å²) in [5.41, 5.74) is 0. The van der Waals surface area contributed by atoms with Gasteiger partial charge in [-0.05, 0) is 50.9 Å². The van der Waals surface area contributed by atoms with E-state index >= 15 is 0 Å². The van der Waals surface area contributed by atoms with Gasteiger partial charge in [0.1, 0.15) is 0 Å². The molecule has 1 fully saturated rings. The SMILES string of the molecule is O=C(O)CCCCN(C1CCNCC1)S(=O)(=O)c1ccccc1. The van der Waals surface area contributed by atoms with Crippen LogP contribution in [0.1, 0.15) is 32.1 Å². The predicted molar refractivity (Wildman–Crippen MR) is 87.7 cm³/mol. The molecule has 0 saturated carbocycles. The Morgan fingerprint density at radius 3 is 2.43 bits per heavy atom. The molecule has 6 nitrogen and oxygen atoms in total. The molecule has 2 N–H and O–H groups in total. The van der Waals surface area contributed by atoms with E-state index < -0.39 is 16.0 Å². The molecule has 1 aliphatic rings. The van der Waals surface area contributed by atoms with Crippen LogP contribution in [-0.4, -0.2) is 49.5 Å². The van der Waals surface area contributed by atoms with Gasteiger partial charge in [0, 0.05) is 19.0 Å². The quantitative estimate of drug-likeness (QED) is 0.703. The first-order valence-electron chi connectivity index (χ1n) is 8.01. The minimum absolute atomic E-state index is 0.0220. The van der Waals surface area contributed by atoms with Crippen LogP contribution in [0.3, 0.4) is 0 Å². The number of hydrogen-bond donors (Lipinski definition) is 2. The number of nitrogens with one attached hydrogen (secondary N) is 1. The lowest BCUT2D eigenvalue weighted by Crippen LogP contribution is -2.46. The summed E-state index contributed by atoms with van der Waals surface area (Å²) in [6, 6.07) is 8.43. The molecule has 0 unspecified atom stereocenters. The average Bonchev–Trinajstić information content (AvgIpc) is 2.56. The molecular formula is C16H24N2O4S. The Balaban J connectivity index is 2.13. The van der Waals surface area contributed by atoms with Gasteiger partial charge in [0.05, 0.1) is 4.90 Å². The average molecular weight is 340 g/mol. The van der Waals surface area contributed by atoms with E-state index in [1.807, 2.05) is 0 Å². The van der Waals surface area contributed by atoms with Crippen LogP contribution in [0.4, 0.5) is 0 Å². The number of sulfonamides is 1. The third-order valence-corrected chi connectivity index (χ3v) is 6.05. The second-order valence-electron chi connectivity index (χ2n) is 5.76. The lowest BCUT2D eigenvalue weighted by atomic mass is 10.1. The van der Waals surface area contributed by atoms with E-state index in [1.165, 1.54) is 0 Å². The van der Waals surface area contributed by atoms with Gasteiger partial charge in [0.25, 0.3) is 0 Å². The van der Waals surface area contributed by atoms with Crippen LogP contribution in [0.2, 0.25) is 0 Å². The van der Waals surface area contributed by atoms with E-state index in [2.05, 4.69) is 5.32 Å². The third-order valence-electron chi connectivity index (χ3n) is 4.08. The third kappa shape index (κ3) is 5.02. The topological polar surface area (TPSA) is 86.7 Å². The van der Waals surface area contributed by atoms with E-state index in [4.69, 9.17) is 5.11 Å². The molecule has 128 valence electrons. The van der Waals surface area contributed by atoms with Crippen molar-refractivity contribution in [2.24, 2.45) is 0 Å². The van der Waals surface area contributed by atoms with Crippen molar-refractivity contribution in [3.8, 4) is 0 Å². The number of unbranched alkanes of at least 4 members (excludes halogenated alkanes) is 1. The highest BCUT2D eigenvalue weighted by molar-refractivity contribution is 7.89. The van der Waals surface area contributed by atoms with Crippen LogP contribution in [0.25, 0.3) is 0 Å². The number of nitrogens with zero attached hydrogens (tertiary/aromatic N) is 1. The second kappa shape index (κ2) is 8.42. The van der Waals surface area contributed by atoms with Crippen LogP contribution in [-0.2, 0) is 14.8 Å². The molecule has 0 amide bonds. The molecule has 1 aliphatic heterocycles. The molecule has 0 bridgehead atoms. The fourth-order valence-corrected chi connectivity index (χ4v) is 4.61. The monoisotopic (exact) mass is 340 g/mol. The largest absolute Gasteiger partial charge is 0.481 e. The molecule has 0 atom stereocenters. The number of rotatable bonds is 8. The molecule has 0 aromatic heterocycles. The van der Waals surface area contributed by atoms with Crippen molar-refractivity contribution >= 4 is 16.0 Å². The Hall–Kier alpha value is -1.44. The number of piperidine rings is 1. The zero-order chi connectivity index (χ0) is 16.7. The fraction of sp³-hybridized carbons (Fsp3) is 0.562. The predicted octanol–water partition coefficient (Wildman–Crippen LogP) is 1.68. The maximum atomic E-state index is 12.9. The van der Waals surface area contributed by atoms with Gasteiger partial charge in [-0.25, -0.2) is 8.42 Å². The minimum atomic E-state index is -3.54. The zero-order valence-corrected chi connectivity index (χ0v) is 14.0. The summed E-state index contributed by atoms with van der Waals surface area (Å²) < 4.78 is 27.5. The van der Waals surface area contributed by atoms with Crippen LogP contribution in [0.5, 0.6) is 0 Å². The summed E-state index contributed by atoms with van der Waals surface area (Å²) in [7, 11) is -3.54. The van der Waals surface area contributed by atoms with Crippen molar-refractivity contribution in [2.45, 2.75) is 43.0 Å². The molecule has 0 spiro atoms. The molecule has 1 heterocycles. The molecule has 1 aromatic carbocycles. The molecule has 23 heavy (non-hydrogen) atoms. The molecule has 1 saturated heterocycles. The van der Waals surface area contributed by atoms with E-state index in [0.29, 0.717) is 24.3 Å². The summed E-state index contributed by atoms with van der Waals surface area (Å²) in [6.45, 7) is 1.98. The summed E-state index contributed by atoms with van der Waals surface area (Å²) in [6.07, 6.45) is 2.69. The van der Waals surface area contributed by atoms with E-state index in [1.54, 1.807) is 34.6 Å². The van der Waals surface area contributed by atoms with E-state index in [9.17, 15) is 13.2 Å². The minimum Gasteiger partial charge on any atom is -0.481 e. The fourth-order valence-electron chi connectivity index (χ4n) is 2.87. The van der Waals surface area contributed by atoms with Crippen LogP contribution >= 0.6 is 0 Å². The summed E-state index contributed by atoms with van der Waals surface area (Å²) in [4.78, 5) is 10.9. The molecule has 2 rings (SSSR count). The van der Waals surface area contributed by atoms with Crippen molar-refractivity contribution in [1.29, 1.82) is 0 Å². The van der Waals surface area contributed by atoms with Gasteiger partial charge in [-0.2, -0.15) is 4.31 Å². The number of carbonyl (C=O) groups is 1. The zero-order valence-electron chi connectivity index (χ0n) is 13.1. The maximum Gasteiger partial charge on any atom is 0.303 e. The number of carboxylic acid groups (broad SMARTS) is 1. The first-order chi connectivity index (χ1) is 11.0. The lowest BCUT2D eigenvalue weighted by molar-refractivity contribution is -0.137.